The number of imidazole rings is 1. The van der Waals surface area contributed by atoms with Crippen LogP contribution in [0.15, 0.2) is 30.6 Å². The van der Waals surface area contributed by atoms with Crippen molar-refractivity contribution < 1.29 is 9.47 Å². The van der Waals surface area contributed by atoms with Crippen LogP contribution >= 0.6 is 0 Å². The van der Waals surface area contributed by atoms with E-state index in [1.807, 2.05) is 42.8 Å². The van der Waals surface area contributed by atoms with Crippen molar-refractivity contribution >= 4 is 16.9 Å². The average molecular weight is 312 g/mol. The van der Waals surface area contributed by atoms with Gasteiger partial charge < -0.3 is 19.4 Å². The van der Waals surface area contributed by atoms with Crippen LogP contribution in [0.3, 0.4) is 0 Å². The number of nitrogens with zero attached hydrogens (tertiary/aromatic N) is 3. The van der Waals surface area contributed by atoms with Crippen molar-refractivity contribution in [3.63, 3.8) is 0 Å². The maximum atomic E-state index is 5.43. The minimum Gasteiger partial charge on any atom is -0.497 e. The number of hydrogen-bond donors (Lipinski definition) is 1. The number of nitrogens with one attached hydrogen (secondary N) is 1. The van der Waals surface area contributed by atoms with Gasteiger partial charge in [-0.25, -0.2) is 9.97 Å². The number of pyridine rings is 1. The molecule has 0 aliphatic rings. The van der Waals surface area contributed by atoms with Crippen LogP contribution in [0.1, 0.15) is 11.3 Å². The van der Waals surface area contributed by atoms with Crippen LogP contribution in [0.4, 0.5) is 5.82 Å². The van der Waals surface area contributed by atoms with Gasteiger partial charge >= 0.3 is 0 Å². The second kappa shape index (κ2) is 6.16. The molecule has 6 nitrogen and oxygen atoms in total. The maximum absolute atomic E-state index is 5.43. The Kier molecular flexibility index (Phi) is 4.06. The number of anilines is 1. The first-order chi connectivity index (χ1) is 11.1. The van der Waals surface area contributed by atoms with Gasteiger partial charge in [0.25, 0.3) is 0 Å². The van der Waals surface area contributed by atoms with Gasteiger partial charge in [-0.05, 0) is 25.1 Å². The van der Waals surface area contributed by atoms with Crippen LogP contribution in [0.2, 0.25) is 0 Å². The maximum Gasteiger partial charge on any atom is 0.154 e. The summed E-state index contributed by atoms with van der Waals surface area (Å²) in [6, 6.07) is 7.80. The van der Waals surface area contributed by atoms with E-state index >= 15 is 0 Å². The lowest BCUT2D eigenvalue weighted by molar-refractivity contribution is 0.391. The fraction of sp³-hybridized carbons (Fsp3) is 0.294. The molecule has 2 aromatic heterocycles. The summed E-state index contributed by atoms with van der Waals surface area (Å²) in [4.78, 5) is 8.99. The molecule has 0 bridgehead atoms. The van der Waals surface area contributed by atoms with Crippen LogP contribution < -0.4 is 14.8 Å². The number of hydrogen-bond acceptors (Lipinski definition) is 5. The lowest BCUT2D eigenvalue weighted by atomic mass is 10.2. The third-order valence-corrected chi connectivity index (χ3v) is 3.78. The molecule has 0 saturated carbocycles. The summed E-state index contributed by atoms with van der Waals surface area (Å²) >= 11 is 0. The fourth-order valence-corrected chi connectivity index (χ4v) is 2.55. The summed E-state index contributed by atoms with van der Waals surface area (Å²) in [5.74, 6) is 2.33. The predicted molar refractivity (Wildman–Crippen MR) is 90.1 cm³/mol. The first-order valence-corrected chi connectivity index (χ1v) is 7.36. The molecule has 0 amide bonds. The quantitative estimate of drug-likeness (QED) is 0.785. The van der Waals surface area contributed by atoms with Crippen molar-refractivity contribution in [2.75, 3.05) is 19.5 Å². The van der Waals surface area contributed by atoms with Gasteiger partial charge in [-0.15, -0.1) is 0 Å². The van der Waals surface area contributed by atoms with Crippen molar-refractivity contribution in [3.8, 4) is 11.5 Å². The molecule has 6 heteroatoms. The van der Waals surface area contributed by atoms with E-state index in [-0.39, 0.29) is 0 Å². The van der Waals surface area contributed by atoms with E-state index < -0.39 is 0 Å². The zero-order valence-electron chi connectivity index (χ0n) is 13.8. The SMILES string of the molecule is COc1ccc(CNc2nc(C)cc3c2ncn3C)c(OC)c1. The van der Waals surface area contributed by atoms with E-state index in [1.54, 1.807) is 20.5 Å². The largest absolute Gasteiger partial charge is 0.497 e. The summed E-state index contributed by atoms with van der Waals surface area (Å²) in [5.41, 5.74) is 3.90. The lowest BCUT2D eigenvalue weighted by Crippen LogP contribution is -2.05. The van der Waals surface area contributed by atoms with E-state index in [0.29, 0.717) is 6.54 Å². The van der Waals surface area contributed by atoms with Crippen molar-refractivity contribution in [1.29, 1.82) is 0 Å². The Balaban J connectivity index is 1.89. The Hall–Kier alpha value is -2.76. The second-order valence-corrected chi connectivity index (χ2v) is 5.37. The van der Waals surface area contributed by atoms with E-state index in [1.165, 1.54) is 0 Å². The molecule has 120 valence electrons. The normalized spacial score (nSPS) is 10.8. The van der Waals surface area contributed by atoms with Crippen molar-refractivity contribution in [3.05, 3.63) is 41.9 Å². The monoisotopic (exact) mass is 312 g/mol. The molecular weight excluding hydrogens is 292 g/mol. The Morgan fingerprint density at radius 2 is 2.00 bits per heavy atom. The Morgan fingerprint density at radius 3 is 2.74 bits per heavy atom. The zero-order chi connectivity index (χ0) is 16.4. The van der Waals surface area contributed by atoms with Crippen LogP contribution in [-0.4, -0.2) is 28.8 Å². The van der Waals surface area contributed by atoms with Gasteiger partial charge in [-0.1, -0.05) is 0 Å². The highest BCUT2D eigenvalue weighted by Crippen LogP contribution is 2.26. The van der Waals surface area contributed by atoms with E-state index in [4.69, 9.17) is 9.47 Å². The highest BCUT2D eigenvalue weighted by Gasteiger charge is 2.10. The van der Waals surface area contributed by atoms with Gasteiger partial charge in [0.1, 0.15) is 17.0 Å². The van der Waals surface area contributed by atoms with Crippen LogP contribution in [-0.2, 0) is 13.6 Å². The van der Waals surface area contributed by atoms with Gasteiger partial charge in [0.15, 0.2) is 5.82 Å². The number of ether oxygens (including phenoxy) is 2. The molecule has 0 radical (unpaired) electrons. The van der Waals surface area contributed by atoms with Gasteiger partial charge in [-0.2, -0.15) is 0 Å². The zero-order valence-corrected chi connectivity index (χ0v) is 13.8. The minimum atomic E-state index is 0.593. The van der Waals surface area contributed by atoms with Crippen molar-refractivity contribution in [2.45, 2.75) is 13.5 Å². The Labute approximate surface area is 135 Å². The molecule has 23 heavy (non-hydrogen) atoms. The predicted octanol–water partition coefficient (Wildman–Crippen LogP) is 2.91. The highest BCUT2D eigenvalue weighted by atomic mass is 16.5. The third-order valence-electron chi connectivity index (χ3n) is 3.78. The smallest absolute Gasteiger partial charge is 0.154 e. The first-order valence-electron chi connectivity index (χ1n) is 7.36. The molecule has 0 unspecified atom stereocenters. The van der Waals surface area contributed by atoms with Crippen LogP contribution in [0.5, 0.6) is 11.5 Å². The van der Waals surface area contributed by atoms with E-state index in [9.17, 15) is 0 Å². The van der Waals surface area contributed by atoms with Crippen LogP contribution in [0.25, 0.3) is 11.0 Å². The standard InChI is InChI=1S/C17H20N4O2/c1-11-7-14-16(19-10-21(14)2)17(20-11)18-9-12-5-6-13(22-3)8-15(12)23-4/h5-8,10H,9H2,1-4H3,(H,18,20). The first kappa shape index (κ1) is 15.1. The summed E-state index contributed by atoms with van der Waals surface area (Å²) in [6.07, 6.45) is 1.80. The van der Waals surface area contributed by atoms with Gasteiger partial charge in [-0.3, -0.25) is 0 Å². The second-order valence-electron chi connectivity index (χ2n) is 5.37. The number of aromatic nitrogens is 3. The summed E-state index contributed by atoms with van der Waals surface area (Å²) in [6.45, 7) is 2.57. The summed E-state index contributed by atoms with van der Waals surface area (Å²) < 4.78 is 12.6. The van der Waals surface area contributed by atoms with Crippen LogP contribution in [0, 0.1) is 6.92 Å². The van der Waals surface area contributed by atoms with Gasteiger partial charge in [0.05, 0.1) is 26.1 Å². The summed E-state index contributed by atoms with van der Waals surface area (Å²) in [7, 11) is 5.27. The van der Waals surface area contributed by atoms with E-state index in [2.05, 4.69) is 15.3 Å². The molecule has 0 atom stereocenters. The molecule has 0 aliphatic carbocycles. The minimum absolute atomic E-state index is 0.593. The Morgan fingerprint density at radius 1 is 1.17 bits per heavy atom. The van der Waals surface area contributed by atoms with Gasteiger partial charge in [0.2, 0.25) is 0 Å². The van der Waals surface area contributed by atoms with Crippen molar-refractivity contribution in [1.82, 2.24) is 14.5 Å². The molecule has 2 heterocycles. The molecule has 3 aromatic rings. The molecule has 1 N–H and O–H groups in total. The number of methoxy groups -OCH3 is 2. The number of rotatable bonds is 5. The molecule has 0 spiro atoms. The molecular formula is C17H20N4O2. The molecule has 0 fully saturated rings. The lowest BCUT2D eigenvalue weighted by Gasteiger charge is -2.12. The molecule has 0 aliphatic heterocycles. The summed E-state index contributed by atoms with van der Waals surface area (Å²) in [5, 5.41) is 3.36. The molecule has 0 saturated heterocycles. The topological polar surface area (TPSA) is 61.2 Å². The number of benzene rings is 1. The molecule has 3 rings (SSSR count). The number of fused-ring (bicyclic) bond motifs is 1. The van der Waals surface area contributed by atoms with Crippen molar-refractivity contribution in [2.24, 2.45) is 7.05 Å². The number of aryl methyl sites for hydroxylation is 2. The van der Waals surface area contributed by atoms with Gasteiger partial charge in [0, 0.05) is 30.9 Å². The fourth-order valence-electron chi connectivity index (χ4n) is 2.55. The average Bonchev–Trinajstić information content (AvgIpc) is 2.93. The van der Waals surface area contributed by atoms with E-state index in [0.717, 1.165) is 39.6 Å². The third kappa shape index (κ3) is 2.92. The highest BCUT2D eigenvalue weighted by molar-refractivity contribution is 5.86. The molecule has 1 aromatic carbocycles. The Bertz CT molecular complexity index is 842.